The van der Waals surface area contributed by atoms with Gasteiger partial charge in [0.25, 0.3) is 0 Å². The highest BCUT2D eigenvalue weighted by atomic mass is 15.1. The molecule has 1 aliphatic rings. The molecule has 1 atom stereocenters. The summed E-state index contributed by atoms with van der Waals surface area (Å²) >= 11 is 0. The summed E-state index contributed by atoms with van der Waals surface area (Å²) in [6.45, 7) is 7.49. The smallest absolute Gasteiger partial charge is 0.114 e. The van der Waals surface area contributed by atoms with Gasteiger partial charge in [-0.1, -0.05) is 110 Å². The van der Waals surface area contributed by atoms with E-state index in [-0.39, 0.29) is 0 Å². The summed E-state index contributed by atoms with van der Waals surface area (Å²) in [4.78, 5) is 4.59. The molecule has 0 amide bonds. The number of aliphatic imine (C=N–C) groups is 1. The minimum Gasteiger partial charge on any atom is -0.371 e. The maximum Gasteiger partial charge on any atom is 0.114 e. The first-order valence-corrected chi connectivity index (χ1v) is 11.9. The first-order chi connectivity index (χ1) is 12.9. The fourth-order valence-corrected chi connectivity index (χ4v) is 3.95. The van der Waals surface area contributed by atoms with E-state index in [4.69, 9.17) is 0 Å². The Morgan fingerprint density at radius 2 is 1.27 bits per heavy atom. The molecule has 26 heavy (non-hydrogen) atoms. The van der Waals surface area contributed by atoms with E-state index < -0.39 is 0 Å². The van der Waals surface area contributed by atoms with Gasteiger partial charge in [-0.15, -0.1) is 0 Å². The van der Waals surface area contributed by atoms with E-state index in [1.54, 1.807) is 0 Å². The second-order valence-electron chi connectivity index (χ2n) is 8.04. The van der Waals surface area contributed by atoms with Crippen LogP contribution in [0.5, 0.6) is 0 Å². The van der Waals surface area contributed by atoms with Crippen LogP contribution in [0.4, 0.5) is 0 Å². The normalized spacial score (nSPS) is 15.1. The molecule has 0 saturated carbocycles. The topological polar surface area (TPSA) is 36.4 Å². The fraction of sp³-hybridized carbons (Fsp3) is 0.957. The number of hydrogen-bond donors (Lipinski definition) is 2. The molecule has 1 rings (SSSR count). The predicted octanol–water partition coefficient (Wildman–Crippen LogP) is 6.23. The third kappa shape index (κ3) is 12.7. The molecule has 0 bridgehead atoms. The van der Waals surface area contributed by atoms with E-state index >= 15 is 0 Å². The number of rotatable bonds is 19. The molecule has 154 valence electrons. The third-order valence-corrected chi connectivity index (χ3v) is 5.58. The number of amidine groups is 1. The van der Waals surface area contributed by atoms with Crippen LogP contribution in [0.3, 0.4) is 0 Å². The third-order valence-electron chi connectivity index (χ3n) is 5.58. The van der Waals surface area contributed by atoms with Gasteiger partial charge in [-0.3, -0.25) is 4.99 Å². The van der Waals surface area contributed by atoms with E-state index in [2.05, 4.69) is 29.5 Å². The van der Waals surface area contributed by atoms with Crippen LogP contribution in [0.15, 0.2) is 4.99 Å². The van der Waals surface area contributed by atoms with Crippen molar-refractivity contribution in [1.82, 2.24) is 10.6 Å². The Bertz CT molecular complexity index is 327. The van der Waals surface area contributed by atoms with Crippen LogP contribution >= 0.6 is 0 Å². The van der Waals surface area contributed by atoms with Gasteiger partial charge >= 0.3 is 0 Å². The Morgan fingerprint density at radius 1 is 0.769 bits per heavy atom. The van der Waals surface area contributed by atoms with Crippen molar-refractivity contribution in [1.29, 1.82) is 0 Å². The van der Waals surface area contributed by atoms with Crippen LogP contribution in [0.25, 0.3) is 0 Å². The largest absolute Gasteiger partial charge is 0.371 e. The SMILES string of the molecule is CCCCCCCCCCCCCCCCCC(NCC)C1=NCCN1. The van der Waals surface area contributed by atoms with Gasteiger partial charge < -0.3 is 10.6 Å². The molecule has 0 saturated heterocycles. The van der Waals surface area contributed by atoms with Crippen molar-refractivity contribution in [2.45, 2.75) is 123 Å². The number of unbranched alkanes of at least 4 members (excludes halogenated alkanes) is 14. The highest BCUT2D eigenvalue weighted by Gasteiger charge is 2.16. The van der Waals surface area contributed by atoms with Gasteiger partial charge in [-0.05, 0) is 13.0 Å². The molecule has 1 unspecified atom stereocenters. The quantitative estimate of drug-likeness (QED) is 0.266. The number of likely N-dealkylation sites (N-methyl/N-ethyl adjacent to an activating group) is 1. The number of hydrogen-bond acceptors (Lipinski definition) is 3. The van der Waals surface area contributed by atoms with E-state index in [1.807, 2.05) is 0 Å². The second-order valence-corrected chi connectivity index (χ2v) is 8.04. The Labute approximate surface area is 164 Å². The molecule has 0 aromatic carbocycles. The van der Waals surface area contributed by atoms with E-state index in [9.17, 15) is 0 Å². The van der Waals surface area contributed by atoms with Gasteiger partial charge in [0, 0.05) is 6.54 Å². The Kier molecular flexibility index (Phi) is 16.1. The van der Waals surface area contributed by atoms with Crippen LogP contribution in [-0.2, 0) is 0 Å². The highest BCUT2D eigenvalue weighted by molar-refractivity contribution is 5.88. The van der Waals surface area contributed by atoms with Crippen molar-refractivity contribution < 1.29 is 0 Å². The predicted molar refractivity (Wildman–Crippen MR) is 117 cm³/mol. The van der Waals surface area contributed by atoms with Gasteiger partial charge in [-0.2, -0.15) is 0 Å². The molecule has 1 aliphatic heterocycles. The maximum atomic E-state index is 4.59. The van der Waals surface area contributed by atoms with Crippen LogP contribution in [0.1, 0.15) is 117 Å². The van der Waals surface area contributed by atoms with Crippen molar-refractivity contribution in [2.24, 2.45) is 4.99 Å². The van der Waals surface area contributed by atoms with Crippen LogP contribution in [0.2, 0.25) is 0 Å². The average Bonchev–Trinajstić information content (AvgIpc) is 3.18. The van der Waals surface area contributed by atoms with Gasteiger partial charge in [-0.25, -0.2) is 0 Å². The van der Waals surface area contributed by atoms with Crippen LogP contribution in [0, 0.1) is 0 Å². The molecule has 2 N–H and O–H groups in total. The molecular weight excluding hydrogens is 318 g/mol. The van der Waals surface area contributed by atoms with Gasteiger partial charge in [0.05, 0.1) is 12.6 Å². The van der Waals surface area contributed by atoms with Crippen molar-refractivity contribution >= 4 is 5.84 Å². The summed E-state index contributed by atoms with van der Waals surface area (Å²) in [5.74, 6) is 1.21. The van der Waals surface area contributed by atoms with E-state index in [1.165, 1.54) is 109 Å². The Balaban J connectivity index is 1.81. The standard InChI is InChI=1S/C23H47N3/c1-3-5-6-7-8-9-10-11-12-13-14-15-16-17-18-19-22(24-4-2)23-25-20-21-26-23/h22,24H,3-21H2,1-2H3,(H,25,26). The second kappa shape index (κ2) is 17.8. The van der Waals surface area contributed by atoms with Gasteiger partial charge in [0.1, 0.15) is 5.84 Å². The minimum absolute atomic E-state index is 0.462. The van der Waals surface area contributed by atoms with Crippen LogP contribution < -0.4 is 10.6 Å². The monoisotopic (exact) mass is 365 g/mol. The molecule has 0 fully saturated rings. The van der Waals surface area contributed by atoms with Crippen molar-refractivity contribution in [3.05, 3.63) is 0 Å². The summed E-state index contributed by atoms with van der Waals surface area (Å²) in [6.07, 6.45) is 22.7. The highest BCUT2D eigenvalue weighted by Crippen LogP contribution is 2.14. The molecule has 0 aromatic heterocycles. The molecule has 3 heteroatoms. The number of nitrogens with zero attached hydrogens (tertiary/aromatic N) is 1. The van der Waals surface area contributed by atoms with Crippen molar-refractivity contribution in [3.63, 3.8) is 0 Å². The summed E-state index contributed by atoms with van der Waals surface area (Å²) in [6, 6.07) is 0.462. The lowest BCUT2D eigenvalue weighted by atomic mass is 10.0. The van der Waals surface area contributed by atoms with Gasteiger partial charge in [0.15, 0.2) is 0 Å². The van der Waals surface area contributed by atoms with E-state index in [0.717, 1.165) is 19.6 Å². The summed E-state index contributed by atoms with van der Waals surface area (Å²) in [5, 5.41) is 7.01. The Morgan fingerprint density at radius 3 is 1.69 bits per heavy atom. The first-order valence-electron chi connectivity index (χ1n) is 11.9. The maximum absolute atomic E-state index is 4.59. The zero-order valence-corrected chi connectivity index (χ0v) is 18.0. The lowest BCUT2D eigenvalue weighted by Crippen LogP contribution is -2.42. The molecule has 0 radical (unpaired) electrons. The zero-order valence-electron chi connectivity index (χ0n) is 18.0. The van der Waals surface area contributed by atoms with Crippen molar-refractivity contribution in [2.75, 3.05) is 19.6 Å². The molecule has 0 aromatic rings. The summed E-state index contributed by atoms with van der Waals surface area (Å²) in [5.41, 5.74) is 0. The van der Waals surface area contributed by atoms with Gasteiger partial charge in [0.2, 0.25) is 0 Å². The van der Waals surface area contributed by atoms with Crippen molar-refractivity contribution in [3.8, 4) is 0 Å². The first kappa shape index (κ1) is 23.5. The van der Waals surface area contributed by atoms with Crippen LogP contribution in [-0.4, -0.2) is 31.5 Å². The summed E-state index contributed by atoms with van der Waals surface area (Å²) < 4.78 is 0. The van der Waals surface area contributed by atoms with E-state index in [0.29, 0.717) is 6.04 Å². The molecule has 0 spiro atoms. The summed E-state index contributed by atoms with van der Waals surface area (Å²) in [7, 11) is 0. The lowest BCUT2D eigenvalue weighted by molar-refractivity contribution is 0.513. The number of nitrogens with one attached hydrogen (secondary N) is 2. The average molecular weight is 366 g/mol. The molecule has 1 heterocycles. The molecule has 0 aliphatic carbocycles. The zero-order chi connectivity index (χ0) is 18.7. The Hall–Kier alpha value is -0.570. The lowest BCUT2D eigenvalue weighted by Gasteiger charge is -2.18. The minimum atomic E-state index is 0.462. The molecule has 3 nitrogen and oxygen atoms in total. The fourth-order valence-electron chi connectivity index (χ4n) is 3.95. The molecular formula is C23H47N3.